The predicted molar refractivity (Wildman–Crippen MR) is 65.0 cm³/mol. The summed E-state index contributed by atoms with van der Waals surface area (Å²) in [6.45, 7) is 4.26. The molecule has 0 aliphatic carbocycles. The van der Waals surface area contributed by atoms with Crippen LogP contribution in [0.15, 0.2) is 22.7 Å². The Kier molecular flexibility index (Phi) is 2.77. The van der Waals surface area contributed by atoms with Crippen LogP contribution < -0.4 is 10.5 Å². The number of hydrogen-bond acceptors (Lipinski definition) is 2. The second kappa shape index (κ2) is 3.80. The van der Waals surface area contributed by atoms with Crippen molar-refractivity contribution in [1.82, 2.24) is 0 Å². The molecule has 1 heterocycles. The highest BCUT2D eigenvalue weighted by Crippen LogP contribution is 2.40. The van der Waals surface area contributed by atoms with Gasteiger partial charge in [-0.2, -0.15) is 0 Å². The van der Waals surface area contributed by atoms with Gasteiger partial charge in [0.2, 0.25) is 0 Å². The predicted octanol–water partition coefficient (Wildman–Crippen LogP) is 3.40. The third-order valence-electron chi connectivity index (χ3n) is 3.13. The van der Waals surface area contributed by atoms with Crippen LogP contribution in [0.25, 0.3) is 0 Å². The molecule has 2 nitrogen and oxygen atoms in total. The van der Waals surface area contributed by atoms with E-state index in [1.807, 2.05) is 12.1 Å². The van der Waals surface area contributed by atoms with Gasteiger partial charge in [-0.1, -0.05) is 22.9 Å². The first-order chi connectivity index (χ1) is 7.04. The van der Waals surface area contributed by atoms with Gasteiger partial charge in [0.05, 0.1) is 0 Å². The number of fused-ring (bicyclic) bond motifs is 1. The lowest BCUT2D eigenvalue weighted by molar-refractivity contribution is 0.0503. The summed E-state index contributed by atoms with van der Waals surface area (Å²) >= 11 is 3.45. The highest BCUT2D eigenvalue weighted by molar-refractivity contribution is 9.10. The monoisotopic (exact) mass is 269 g/mol. The van der Waals surface area contributed by atoms with Gasteiger partial charge in [-0.05, 0) is 31.5 Å². The molecule has 2 atom stereocenters. The lowest BCUT2D eigenvalue weighted by Crippen LogP contribution is -2.39. The van der Waals surface area contributed by atoms with Crippen LogP contribution in [0, 0.1) is 0 Å². The summed E-state index contributed by atoms with van der Waals surface area (Å²) in [5, 5.41) is 0. The molecule has 1 aliphatic rings. The third-order valence-corrected chi connectivity index (χ3v) is 3.62. The molecule has 15 heavy (non-hydrogen) atoms. The first kappa shape index (κ1) is 11.0. The van der Waals surface area contributed by atoms with Crippen LogP contribution in [0.1, 0.15) is 38.3 Å². The molecule has 0 radical (unpaired) electrons. The number of halogens is 1. The van der Waals surface area contributed by atoms with Gasteiger partial charge in [-0.3, -0.25) is 0 Å². The molecule has 0 bridgehead atoms. The Morgan fingerprint density at radius 1 is 1.60 bits per heavy atom. The molecule has 0 aromatic heterocycles. The Bertz CT molecular complexity index is 380. The van der Waals surface area contributed by atoms with Gasteiger partial charge in [0, 0.05) is 22.5 Å². The van der Waals surface area contributed by atoms with Crippen molar-refractivity contribution in [3.63, 3.8) is 0 Å². The summed E-state index contributed by atoms with van der Waals surface area (Å²) in [7, 11) is 0. The van der Waals surface area contributed by atoms with E-state index in [0.29, 0.717) is 0 Å². The summed E-state index contributed by atoms with van der Waals surface area (Å²) in [6, 6.07) is 6.12. The van der Waals surface area contributed by atoms with Crippen LogP contribution in [-0.2, 0) is 0 Å². The Balaban J connectivity index is 2.41. The number of rotatable bonds is 1. The molecule has 1 aliphatic heterocycles. The fraction of sp³-hybridized carbons (Fsp3) is 0.500. The molecular formula is C12H16BrNO. The average molecular weight is 270 g/mol. The van der Waals surface area contributed by atoms with E-state index in [1.165, 1.54) is 0 Å². The first-order valence-electron chi connectivity index (χ1n) is 5.28. The molecule has 1 aromatic rings. The van der Waals surface area contributed by atoms with Crippen LogP contribution in [0.5, 0.6) is 5.75 Å². The second-order valence-electron chi connectivity index (χ2n) is 4.40. The van der Waals surface area contributed by atoms with E-state index >= 15 is 0 Å². The maximum Gasteiger partial charge on any atom is 0.124 e. The number of ether oxygens (including phenoxy) is 1. The quantitative estimate of drug-likeness (QED) is 0.848. The minimum Gasteiger partial charge on any atom is -0.487 e. The van der Waals surface area contributed by atoms with E-state index in [1.54, 1.807) is 0 Å². The highest BCUT2D eigenvalue weighted by atomic mass is 79.9. The minimum atomic E-state index is -0.111. The van der Waals surface area contributed by atoms with Crippen molar-refractivity contribution in [1.29, 1.82) is 0 Å². The van der Waals surface area contributed by atoms with Crippen molar-refractivity contribution in [3.8, 4) is 5.75 Å². The first-order valence-corrected chi connectivity index (χ1v) is 6.07. The number of nitrogens with two attached hydrogens (primary N) is 1. The summed E-state index contributed by atoms with van der Waals surface area (Å²) in [4.78, 5) is 0. The van der Waals surface area contributed by atoms with Gasteiger partial charge in [-0.15, -0.1) is 0 Å². The largest absolute Gasteiger partial charge is 0.487 e. The molecule has 3 heteroatoms. The van der Waals surface area contributed by atoms with Gasteiger partial charge in [-0.25, -0.2) is 0 Å². The van der Waals surface area contributed by atoms with E-state index in [-0.39, 0.29) is 11.6 Å². The molecule has 2 rings (SSSR count). The van der Waals surface area contributed by atoms with Gasteiger partial charge in [0.15, 0.2) is 0 Å². The molecule has 0 spiro atoms. The lowest BCUT2D eigenvalue weighted by Gasteiger charge is -2.38. The zero-order chi connectivity index (χ0) is 11.1. The van der Waals surface area contributed by atoms with Crippen LogP contribution in [-0.4, -0.2) is 5.60 Å². The molecule has 0 amide bonds. The van der Waals surface area contributed by atoms with Gasteiger partial charge < -0.3 is 10.5 Å². The van der Waals surface area contributed by atoms with E-state index in [4.69, 9.17) is 10.5 Å². The standard InChI is InChI=1S/C12H16BrNO/c1-3-12(2)7-10(14)9-6-8(13)4-5-11(9)15-12/h4-6,10H,3,7,14H2,1-2H3/t10-,12?/m0/s1. The average Bonchev–Trinajstić information content (AvgIpc) is 2.20. The summed E-state index contributed by atoms with van der Waals surface area (Å²) in [6.07, 6.45) is 1.86. The SMILES string of the molecule is CCC1(C)C[C@H](N)c2cc(Br)ccc2O1. The van der Waals surface area contributed by atoms with Gasteiger partial charge in [0.1, 0.15) is 11.4 Å². The minimum absolute atomic E-state index is 0.0798. The van der Waals surface area contributed by atoms with E-state index in [9.17, 15) is 0 Å². The maximum absolute atomic E-state index is 6.17. The Morgan fingerprint density at radius 3 is 3.00 bits per heavy atom. The molecule has 0 saturated heterocycles. The van der Waals surface area contributed by atoms with Crippen molar-refractivity contribution < 1.29 is 4.74 Å². The second-order valence-corrected chi connectivity index (χ2v) is 5.31. The van der Waals surface area contributed by atoms with Gasteiger partial charge in [0.25, 0.3) is 0 Å². The van der Waals surface area contributed by atoms with Crippen molar-refractivity contribution >= 4 is 15.9 Å². The van der Waals surface area contributed by atoms with E-state index in [0.717, 1.165) is 28.6 Å². The zero-order valence-corrected chi connectivity index (χ0v) is 10.7. The molecule has 82 valence electrons. The van der Waals surface area contributed by atoms with Crippen LogP contribution in [0.4, 0.5) is 0 Å². The molecule has 1 unspecified atom stereocenters. The fourth-order valence-electron chi connectivity index (χ4n) is 2.00. The summed E-state index contributed by atoms with van der Waals surface area (Å²) in [5.41, 5.74) is 7.16. The third kappa shape index (κ3) is 2.04. The van der Waals surface area contributed by atoms with E-state index in [2.05, 4.69) is 35.8 Å². The Hall–Kier alpha value is -0.540. The van der Waals surface area contributed by atoms with E-state index < -0.39 is 0 Å². The molecule has 0 saturated carbocycles. The number of benzene rings is 1. The van der Waals surface area contributed by atoms with Crippen LogP contribution >= 0.6 is 15.9 Å². The summed E-state index contributed by atoms with van der Waals surface area (Å²) in [5.74, 6) is 0.932. The molecule has 1 aromatic carbocycles. The zero-order valence-electron chi connectivity index (χ0n) is 9.09. The van der Waals surface area contributed by atoms with Crippen molar-refractivity contribution in [2.75, 3.05) is 0 Å². The summed E-state index contributed by atoms with van der Waals surface area (Å²) < 4.78 is 7.05. The fourth-order valence-corrected chi connectivity index (χ4v) is 2.38. The van der Waals surface area contributed by atoms with Crippen molar-refractivity contribution in [2.45, 2.75) is 38.3 Å². The Morgan fingerprint density at radius 2 is 2.33 bits per heavy atom. The van der Waals surface area contributed by atoms with Crippen molar-refractivity contribution in [2.24, 2.45) is 5.73 Å². The highest BCUT2D eigenvalue weighted by Gasteiger charge is 2.34. The molecular weight excluding hydrogens is 254 g/mol. The molecule has 0 fully saturated rings. The number of hydrogen-bond donors (Lipinski definition) is 1. The lowest BCUT2D eigenvalue weighted by atomic mass is 9.87. The maximum atomic E-state index is 6.17. The van der Waals surface area contributed by atoms with Gasteiger partial charge >= 0.3 is 0 Å². The van der Waals surface area contributed by atoms with Crippen LogP contribution in [0.3, 0.4) is 0 Å². The normalized spacial score (nSPS) is 29.5. The van der Waals surface area contributed by atoms with Crippen LogP contribution in [0.2, 0.25) is 0 Å². The molecule has 2 N–H and O–H groups in total. The topological polar surface area (TPSA) is 35.2 Å². The Labute approximate surface area is 98.9 Å². The van der Waals surface area contributed by atoms with Crippen molar-refractivity contribution in [3.05, 3.63) is 28.2 Å². The smallest absolute Gasteiger partial charge is 0.124 e.